The quantitative estimate of drug-likeness (QED) is 0.591. The van der Waals surface area contributed by atoms with Crippen molar-refractivity contribution in [1.82, 2.24) is 10.6 Å². The molecule has 0 saturated carbocycles. The Balaban J connectivity index is 2.19. The lowest BCUT2D eigenvalue weighted by Gasteiger charge is -2.24. The molecule has 0 aromatic rings. The van der Waals surface area contributed by atoms with E-state index in [1.165, 1.54) is 0 Å². The molecule has 1 heterocycles. The van der Waals surface area contributed by atoms with Gasteiger partial charge in [0.25, 0.3) is 0 Å². The summed E-state index contributed by atoms with van der Waals surface area (Å²) < 4.78 is 5.31. The maximum atomic E-state index is 11.8. The molecule has 2 unspecified atom stereocenters. The number of carboxylic acid groups (broad SMARTS) is 1. The molecule has 2 atom stereocenters. The summed E-state index contributed by atoms with van der Waals surface area (Å²) in [4.78, 5) is 22.5. The lowest BCUT2D eigenvalue weighted by atomic mass is 9.88. The van der Waals surface area contributed by atoms with Crippen LogP contribution in [-0.2, 0) is 14.3 Å². The van der Waals surface area contributed by atoms with E-state index in [1.807, 2.05) is 0 Å². The van der Waals surface area contributed by atoms with Gasteiger partial charge in [-0.05, 0) is 24.7 Å². The van der Waals surface area contributed by atoms with E-state index in [0.29, 0.717) is 44.4 Å². The third-order valence-corrected chi connectivity index (χ3v) is 3.94. The molecule has 1 aliphatic rings. The first-order valence-electron chi connectivity index (χ1n) is 7.78. The second kappa shape index (κ2) is 9.73. The minimum atomic E-state index is -0.756. The van der Waals surface area contributed by atoms with E-state index < -0.39 is 5.97 Å². The van der Waals surface area contributed by atoms with Crippen LogP contribution in [0.3, 0.4) is 0 Å². The lowest BCUT2D eigenvalue weighted by molar-refractivity contribution is -0.137. The van der Waals surface area contributed by atoms with Crippen molar-refractivity contribution in [2.24, 2.45) is 11.8 Å². The highest BCUT2D eigenvalue weighted by molar-refractivity contribution is 5.76. The number of amides is 1. The summed E-state index contributed by atoms with van der Waals surface area (Å²) in [6.45, 7) is 6.88. The average Bonchev–Trinajstić information content (AvgIpc) is 2.43. The van der Waals surface area contributed by atoms with Crippen molar-refractivity contribution in [3.05, 3.63) is 0 Å². The average molecular weight is 300 g/mol. The van der Waals surface area contributed by atoms with Crippen LogP contribution in [0.25, 0.3) is 0 Å². The van der Waals surface area contributed by atoms with Gasteiger partial charge in [-0.1, -0.05) is 13.8 Å². The molecule has 1 rings (SSSR count). The lowest BCUT2D eigenvalue weighted by Crippen LogP contribution is -2.44. The van der Waals surface area contributed by atoms with Gasteiger partial charge in [0.1, 0.15) is 0 Å². The van der Waals surface area contributed by atoms with E-state index in [9.17, 15) is 9.59 Å². The van der Waals surface area contributed by atoms with Gasteiger partial charge in [-0.2, -0.15) is 0 Å². The van der Waals surface area contributed by atoms with Gasteiger partial charge in [0.15, 0.2) is 0 Å². The SMILES string of the molecule is CC(C)C(CCNC(=O)CC1COCCN1)CCC(=O)O. The molecule has 0 spiro atoms. The van der Waals surface area contributed by atoms with Gasteiger partial charge < -0.3 is 20.5 Å². The zero-order valence-electron chi connectivity index (χ0n) is 13.1. The summed E-state index contributed by atoms with van der Waals surface area (Å²) in [5.41, 5.74) is 0. The molecule has 1 aliphatic heterocycles. The summed E-state index contributed by atoms with van der Waals surface area (Å²) in [6, 6.07) is 0.103. The Morgan fingerprint density at radius 1 is 1.38 bits per heavy atom. The maximum Gasteiger partial charge on any atom is 0.303 e. The Bertz CT molecular complexity index is 328. The minimum Gasteiger partial charge on any atom is -0.481 e. The highest BCUT2D eigenvalue weighted by Crippen LogP contribution is 2.20. The highest BCUT2D eigenvalue weighted by atomic mass is 16.5. The summed E-state index contributed by atoms with van der Waals surface area (Å²) in [7, 11) is 0. The smallest absolute Gasteiger partial charge is 0.303 e. The van der Waals surface area contributed by atoms with Crippen LogP contribution < -0.4 is 10.6 Å². The summed E-state index contributed by atoms with van der Waals surface area (Å²) in [5, 5.41) is 14.9. The van der Waals surface area contributed by atoms with Gasteiger partial charge in [-0.25, -0.2) is 0 Å². The van der Waals surface area contributed by atoms with Crippen LogP contribution in [-0.4, -0.2) is 49.3 Å². The number of carbonyl (C=O) groups excluding carboxylic acids is 1. The zero-order valence-corrected chi connectivity index (χ0v) is 13.1. The molecule has 0 aromatic carbocycles. The molecule has 122 valence electrons. The third-order valence-electron chi connectivity index (χ3n) is 3.94. The molecule has 3 N–H and O–H groups in total. The Labute approximate surface area is 126 Å². The van der Waals surface area contributed by atoms with E-state index in [4.69, 9.17) is 9.84 Å². The molecule has 6 heteroatoms. The standard InChI is InChI=1S/C15H28N2O4/c1-11(2)12(3-4-15(19)20)5-6-17-14(18)9-13-10-21-8-7-16-13/h11-13,16H,3-10H2,1-2H3,(H,17,18)(H,19,20). The third kappa shape index (κ3) is 8.02. The fraction of sp³-hybridized carbons (Fsp3) is 0.867. The first kappa shape index (κ1) is 17.9. The van der Waals surface area contributed by atoms with E-state index in [-0.39, 0.29) is 18.4 Å². The number of carboxylic acids is 1. The number of hydrogen-bond donors (Lipinski definition) is 3. The number of aliphatic carboxylic acids is 1. The second-order valence-electron chi connectivity index (χ2n) is 6.01. The van der Waals surface area contributed by atoms with Crippen molar-refractivity contribution in [2.75, 3.05) is 26.3 Å². The largest absolute Gasteiger partial charge is 0.481 e. The molecule has 1 fully saturated rings. The van der Waals surface area contributed by atoms with Crippen molar-refractivity contribution in [3.8, 4) is 0 Å². The topological polar surface area (TPSA) is 87.7 Å². The number of nitrogens with one attached hydrogen (secondary N) is 2. The molecule has 0 aliphatic carbocycles. The molecule has 1 amide bonds. The number of hydrogen-bond acceptors (Lipinski definition) is 4. The van der Waals surface area contributed by atoms with Gasteiger partial charge in [-0.3, -0.25) is 9.59 Å². The Hall–Kier alpha value is -1.14. The molecule has 0 aromatic heterocycles. The predicted molar refractivity (Wildman–Crippen MR) is 80.1 cm³/mol. The number of rotatable bonds is 9. The Morgan fingerprint density at radius 2 is 2.14 bits per heavy atom. The van der Waals surface area contributed by atoms with Crippen LogP contribution in [0.2, 0.25) is 0 Å². The first-order valence-corrected chi connectivity index (χ1v) is 7.78. The predicted octanol–water partition coefficient (Wildman–Crippen LogP) is 1.01. The van der Waals surface area contributed by atoms with Crippen LogP contribution in [0.1, 0.15) is 39.5 Å². The van der Waals surface area contributed by atoms with E-state index >= 15 is 0 Å². The molecule has 0 bridgehead atoms. The van der Waals surface area contributed by atoms with Crippen molar-refractivity contribution in [3.63, 3.8) is 0 Å². The molecular weight excluding hydrogens is 272 g/mol. The van der Waals surface area contributed by atoms with Gasteiger partial charge >= 0.3 is 5.97 Å². The monoisotopic (exact) mass is 300 g/mol. The summed E-state index contributed by atoms with van der Waals surface area (Å²) >= 11 is 0. The Kier molecular flexibility index (Phi) is 8.30. The van der Waals surface area contributed by atoms with Crippen molar-refractivity contribution >= 4 is 11.9 Å². The highest BCUT2D eigenvalue weighted by Gasteiger charge is 2.18. The molecule has 0 radical (unpaired) electrons. The fourth-order valence-electron chi connectivity index (χ4n) is 2.56. The van der Waals surface area contributed by atoms with Crippen LogP contribution in [0.15, 0.2) is 0 Å². The van der Waals surface area contributed by atoms with Gasteiger partial charge in [0.05, 0.1) is 13.2 Å². The molecule has 6 nitrogen and oxygen atoms in total. The van der Waals surface area contributed by atoms with E-state index in [2.05, 4.69) is 24.5 Å². The van der Waals surface area contributed by atoms with E-state index in [1.54, 1.807) is 0 Å². The number of morpholine rings is 1. The summed E-state index contributed by atoms with van der Waals surface area (Å²) in [6.07, 6.45) is 2.12. The maximum absolute atomic E-state index is 11.8. The molecular formula is C15H28N2O4. The van der Waals surface area contributed by atoms with Crippen molar-refractivity contribution < 1.29 is 19.4 Å². The summed E-state index contributed by atoms with van der Waals surface area (Å²) in [5.74, 6) is 0.0269. The van der Waals surface area contributed by atoms with Crippen molar-refractivity contribution in [1.29, 1.82) is 0 Å². The van der Waals surface area contributed by atoms with Crippen molar-refractivity contribution in [2.45, 2.75) is 45.6 Å². The van der Waals surface area contributed by atoms with Gasteiger partial charge in [0, 0.05) is 32.0 Å². The number of carbonyl (C=O) groups is 2. The van der Waals surface area contributed by atoms with Crippen LogP contribution >= 0.6 is 0 Å². The fourth-order valence-corrected chi connectivity index (χ4v) is 2.56. The first-order chi connectivity index (χ1) is 9.99. The Morgan fingerprint density at radius 3 is 2.71 bits per heavy atom. The number of ether oxygens (including phenoxy) is 1. The van der Waals surface area contributed by atoms with Crippen LogP contribution in [0.4, 0.5) is 0 Å². The second-order valence-corrected chi connectivity index (χ2v) is 6.01. The van der Waals surface area contributed by atoms with Crippen LogP contribution in [0.5, 0.6) is 0 Å². The minimum absolute atomic E-state index is 0.0266. The molecule has 21 heavy (non-hydrogen) atoms. The van der Waals surface area contributed by atoms with Gasteiger partial charge in [0.2, 0.25) is 5.91 Å². The zero-order chi connectivity index (χ0) is 15.7. The van der Waals surface area contributed by atoms with E-state index in [0.717, 1.165) is 13.0 Å². The van der Waals surface area contributed by atoms with Crippen LogP contribution in [0, 0.1) is 11.8 Å². The van der Waals surface area contributed by atoms with Gasteiger partial charge in [-0.15, -0.1) is 0 Å². The normalized spacial score (nSPS) is 20.2. The molecule has 1 saturated heterocycles.